The standard InChI is InChI=1S/C11H16FO3P/c1-4-14-16(13,15-5-2)11-9(3)7-6-8-10(11)12/h6-8H,4-5H2,1-3H3. The number of aryl methyl sites for hydroxylation is 1. The van der Waals surface area contributed by atoms with Crippen molar-refractivity contribution in [3.8, 4) is 0 Å². The topological polar surface area (TPSA) is 35.5 Å². The van der Waals surface area contributed by atoms with Gasteiger partial charge in [0, 0.05) is 0 Å². The Balaban J connectivity index is 3.26. The summed E-state index contributed by atoms with van der Waals surface area (Å²) >= 11 is 0. The summed E-state index contributed by atoms with van der Waals surface area (Å²) in [6, 6.07) is 4.51. The van der Waals surface area contributed by atoms with Crippen molar-refractivity contribution in [3.05, 3.63) is 29.6 Å². The molecule has 0 heterocycles. The third kappa shape index (κ3) is 2.70. The van der Waals surface area contributed by atoms with E-state index in [1.54, 1.807) is 32.9 Å². The lowest BCUT2D eigenvalue weighted by Gasteiger charge is -2.19. The van der Waals surface area contributed by atoms with Crippen molar-refractivity contribution in [3.63, 3.8) is 0 Å². The predicted molar refractivity (Wildman–Crippen MR) is 61.6 cm³/mol. The molecule has 0 amide bonds. The second-order valence-corrected chi connectivity index (χ2v) is 5.20. The molecule has 0 bridgehead atoms. The minimum atomic E-state index is -3.52. The lowest BCUT2D eigenvalue weighted by atomic mass is 10.2. The SMILES string of the molecule is CCOP(=O)(OCC)c1c(C)cccc1F. The van der Waals surface area contributed by atoms with Crippen LogP contribution in [0.3, 0.4) is 0 Å². The predicted octanol–water partition coefficient (Wildman–Crippen LogP) is 3.03. The molecule has 1 aromatic rings. The number of hydrogen-bond acceptors (Lipinski definition) is 3. The minimum Gasteiger partial charge on any atom is -0.305 e. The fraction of sp³-hybridized carbons (Fsp3) is 0.455. The van der Waals surface area contributed by atoms with E-state index >= 15 is 0 Å². The Morgan fingerprint density at radius 2 is 1.81 bits per heavy atom. The van der Waals surface area contributed by atoms with Gasteiger partial charge in [0.15, 0.2) is 0 Å². The summed E-state index contributed by atoms with van der Waals surface area (Å²) in [4.78, 5) is 0. The first-order chi connectivity index (χ1) is 7.55. The van der Waals surface area contributed by atoms with E-state index in [9.17, 15) is 8.96 Å². The van der Waals surface area contributed by atoms with Gasteiger partial charge in [-0.15, -0.1) is 0 Å². The van der Waals surface area contributed by atoms with Crippen molar-refractivity contribution >= 4 is 12.9 Å². The molecule has 0 aliphatic rings. The summed E-state index contributed by atoms with van der Waals surface area (Å²) in [5.74, 6) is -0.551. The van der Waals surface area contributed by atoms with E-state index in [2.05, 4.69) is 0 Å². The van der Waals surface area contributed by atoms with Crippen LogP contribution in [0, 0.1) is 12.7 Å². The van der Waals surface area contributed by atoms with Gasteiger partial charge in [0.1, 0.15) is 11.1 Å². The molecule has 16 heavy (non-hydrogen) atoms. The van der Waals surface area contributed by atoms with E-state index in [-0.39, 0.29) is 18.5 Å². The van der Waals surface area contributed by atoms with Gasteiger partial charge in [-0.1, -0.05) is 12.1 Å². The summed E-state index contributed by atoms with van der Waals surface area (Å²) in [6.45, 7) is 5.50. The van der Waals surface area contributed by atoms with Crippen molar-refractivity contribution in [1.82, 2.24) is 0 Å². The van der Waals surface area contributed by atoms with Crippen molar-refractivity contribution in [2.24, 2.45) is 0 Å². The summed E-state index contributed by atoms with van der Waals surface area (Å²) in [7, 11) is -3.52. The number of hydrogen-bond donors (Lipinski definition) is 0. The Bertz CT molecular complexity index is 376. The van der Waals surface area contributed by atoms with Gasteiger partial charge in [0.2, 0.25) is 0 Å². The second kappa shape index (κ2) is 5.58. The highest BCUT2D eigenvalue weighted by molar-refractivity contribution is 7.62. The molecule has 0 spiro atoms. The third-order valence-electron chi connectivity index (χ3n) is 2.06. The molecule has 0 saturated heterocycles. The van der Waals surface area contributed by atoms with Crippen LogP contribution in [0.2, 0.25) is 0 Å². The van der Waals surface area contributed by atoms with Gasteiger partial charge in [-0.2, -0.15) is 0 Å². The first kappa shape index (κ1) is 13.4. The number of halogens is 1. The molecule has 1 aromatic carbocycles. The molecule has 0 unspecified atom stereocenters. The Morgan fingerprint density at radius 1 is 1.25 bits per heavy atom. The highest BCUT2D eigenvalue weighted by atomic mass is 31.2. The van der Waals surface area contributed by atoms with Crippen molar-refractivity contribution in [2.75, 3.05) is 13.2 Å². The molecule has 5 heteroatoms. The smallest absolute Gasteiger partial charge is 0.305 e. The zero-order chi connectivity index (χ0) is 12.2. The lowest BCUT2D eigenvalue weighted by molar-refractivity contribution is 0.229. The largest absolute Gasteiger partial charge is 0.364 e. The molecule has 0 radical (unpaired) electrons. The average Bonchev–Trinajstić information content (AvgIpc) is 2.17. The molecule has 0 fully saturated rings. The maximum atomic E-state index is 13.7. The zero-order valence-corrected chi connectivity index (χ0v) is 10.6. The fourth-order valence-corrected chi connectivity index (χ4v) is 3.33. The second-order valence-electron chi connectivity index (χ2n) is 3.24. The molecule has 0 aliphatic heterocycles. The van der Waals surface area contributed by atoms with Crippen molar-refractivity contribution in [1.29, 1.82) is 0 Å². The monoisotopic (exact) mass is 246 g/mol. The molecule has 1 rings (SSSR count). The van der Waals surface area contributed by atoms with Crippen LogP contribution in [-0.2, 0) is 13.6 Å². The normalized spacial score (nSPS) is 11.8. The van der Waals surface area contributed by atoms with Crippen molar-refractivity contribution in [2.45, 2.75) is 20.8 Å². The quantitative estimate of drug-likeness (QED) is 0.749. The molecule has 0 saturated carbocycles. The number of rotatable bonds is 5. The summed E-state index contributed by atoms with van der Waals surface area (Å²) < 4.78 is 36.3. The summed E-state index contributed by atoms with van der Waals surface area (Å²) in [5.41, 5.74) is 0.574. The van der Waals surface area contributed by atoms with Gasteiger partial charge < -0.3 is 9.05 Å². The molecule has 0 aromatic heterocycles. The first-order valence-electron chi connectivity index (χ1n) is 5.20. The lowest BCUT2D eigenvalue weighted by Crippen LogP contribution is -2.17. The first-order valence-corrected chi connectivity index (χ1v) is 6.74. The Labute approximate surface area is 95.1 Å². The highest BCUT2D eigenvalue weighted by Gasteiger charge is 2.31. The average molecular weight is 246 g/mol. The van der Waals surface area contributed by atoms with Crippen LogP contribution < -0.4 is 5.30 Å². The van der Waals surface area contributed by atoms with Gasteiger partial charge >= 0.3 is 7.60 Å². The van der Waals surface area contributed by atoms with Gasteiger partial charge in [-0.25, -0.2) is 4.39 Å². The van der Waals surface area contributed by atoms with E-state index in [4.69, 9.17) is 9.05 Å². The molecular weight excluding hydrogens is 230 g/mol. The minimum absolute atomic E-state index is 0.0405. The zero-order valence-electron chi connectivity index (χ0n) is 9.70. The van der Waals surface area contributed by atoms with Crippen LogP contribution in [0.15, 0.2) is 18.2 Å². The Kier molecular flexibility index (Phi) is 4.66. The van der Waals surface area contributed by atoms with Gasteiger partial charge in [0.05, 0.1) is 13.2 Å². The van der Waals surface area contributed by atoms with Gasteiger partial charge in [0.25, 0.3) is 0 Å². The highest BCUT2D eigenvalue weighted by Crippen LogP contribution is 2.48. The Morgan fingerprint density at radius 3 is 2.25 bits per heavy atom. The molecule has 0 atom stereocenters. The van der Waals surface area contributed by atoms with Gasteiger partial charge in [-0.3, -0.25) is 4.57 Å². The van der Waals surface area contributed by atoms with Crippen LogP contribution in [0.5, 0.6) is 0 Å². The van der Waals surface area contributed by atoms with Crippen LogP contribution in [-0.4, -0.2) is 13.2 Å². The van der Waals surface area contributed by atoms with Crippen LogP contribution in [0.4, 0.5) is 4.39 Å². The van der Waals surface area contributed by atoms with E-state index in [0.29, 0.717) is 5.56 Å². The van der Waals surface area contributed by atoms with Crippen molar-refractivity contribution < 1.29 is 18.0 Å². The molecular formula is C11H16FO3P. The summed E-state index contributed by atoms with van der Waals surface area (Å²) in [6.07, 6.45) is 0. The van der Waals surface area contributed by atoms with E-state index < -0.39 is 13.4 Å². The third-order valence-corrected chi connectivity index (χ3v) is 4.37. The maximum absolute atomic E-state index is 13.7. The van der Waals surface area contributed by atoms with Crippen LogP contribution >= 0.6 is 7.60 Å². The van der Waals surface area contributed by atoms with E-state index in [1.165, 1.54) is 6.07 Å². The summed E-state index contributed by atoms with van der Waals surface area (Å²) in [5, 5.41) is 0.0405. The van der Waals surface area contributed by atoms with Gasteiger partial charge in [-0.05, 0) is 32.4 Å². The Hall–Kier alpha value is -0.700. The van der Waals surface area contributed by atoms with E-state index in [0.717, 1.165) is 0 Å². The molecule has 90 valence electrons. The molecule has 3 nitrogen and oxygen atoms in total. The maximum Gasteiger partial charge on any atom is 0.364 e. The van der Waals surface area contributed by atoms with Crippen LogP contribution in [0.1, 0.15) is 19.4 Å². The number of benzene rings is 1. The fourth-order valence-electron chi connectivity index (χ4n) is 1.48. The van der Waals surface area contributed by atoms with Crippen LogP contribution in [0.25, 0.3) is 0 Å². The van der Waals surface area contributed by atoms with E-state index in [1.807, 2.05) is 0 Å². The molecule has 0 aliphatic carbocycles. The molecule has 0 N–H and O–H groups in total.